The molecule has 0 N–H and O–H groups in total. The summed E-state index contributed by atoms with van der Waals surface area (Å²) in [5.41, 5.74) is 1.78. The second kappa shape index (κ2) is 9.56. The first-order valence-electron chi connectivity index (χ1n) is 8.88. The van der Waals surface area contributed by atoms with E-state index in [2.05, 4.69) is 11.8 Å². The second-order valence-corrected chi connectivity index (χ2v) is 6.03. The average Bonchev–Trinajstić information content (AvgIpc) is 2.60. The van der Waals surface area contributed by atoms with Crippen LogP contribution in [0.2, 0.25) is 0 Å². The van der Waals surface area contributed by atoms with E-state index in [-0.39, 0.29) is 5.97 Å². The van der Waals surface area contributed by atoms with Gasteiger partial charge in [-0.25, -0.2) is 4.79 Å². The molecule has 0 aromatic heterocycles. The van der Waals surface area contributed by atoms with E-state index in [1.807, 2.05) is 31.2 Å². The summed E-state index contributed by atoms with van der Waals surface area (Å²) in [5, 5.41) is 0. The lowest BCUT2D eigenvalue weighted by atomic mass is 10.1. The van der Waals surface area contributed by atoms with E-state index in [0.29, 0.717) is 18.3 Å². The Labute approximate surface area is 139 Å². The molecule has 0 aliphatic carbocycles. The van der Waals surface area contributed by atoms with Crippen LogP contribution in [0.25, 0.3) is 0 Å². The van der Waals surface area contributed by atoms with Crippen LogP contribution in [-0.4, -0.2) is 38.4 Å². The summed E-state index contributed by atoms with van der Waals surface area (Å²) in [5.74, 6) is -0.252. The number of benzene rings is 1. The monoisotopic (exact) mass is 319 g/mol. The van der Waals surface area contributed by atoms with Crippen molar-refractivity contribution in [2.24, 2.45) is 0 Å². The minimum absolute atomic E-state index is 0.252. The summed E-state index contributed by atoms with van der Waals surface area (Å²) in [6.45, 7) is 7.36. The number of rotatable bonds is 8. The number of carbonyl (C=O) groups is 1. The highest BCUT2D eigenvalue weighted by molar-refractivity contribution is 5.89. The Morgan fingerprint density at radius 1 is 1.13 bits per heavy atom. The molecule has 0 spiro atoms. The Morgan fingerprint density at radius 3 is 2.43 bits per heavy atom. The number of hydrogen-bond acceptors (Lipinski definition) is 4. The Balaban J connectivity index is 1.77. The quantitative estimate of drug-likeness (QED) is 0.535. The lowest BCUT2D eigenvalue weighted by Crippen LogP contribution is -2.37. The standard InChI is InChI=1S/C19H29NO3/c1-3-5-6-15-23-18-11-13-20(14-12-18)17-9-7-16(8-10-17)19(21)22-4-2/h7-10,18H,3-6,11-15H2,1-2H3. The fraction of sp³-hybridized carbons (Fsp3) is 0.632. The summed E-state index contributed by atoms with van der Waals surface area (Å²) in [6.07, 6.45) is 6.22. The van der Waals surface area contributed by atoms with Crippen LogP contribution < -0.4 is 4.90 Å². The van der Waals surface area contributed by atoms with Gasteiger partial charge in [-0.3, -0.25) is 0 Å². The van der Waals surface area contributed by atoms with Gasteiger partial charge in [-0.1, -0.05) is 19.8 Å². The molecule has 1 aromatic rings. The molecule has 0 radical (unpaired) electrons. The van der Waals surface area contributed by atoms with E-state index in [1.54, 1.807) is 0 Å². The number of piperidine rings is 1. The summed E-state index contributed by atoms with van der Waals surface area (Å²) in [7, 11) is 0. The fourth-order valence-corrected chi connectivity index (χ4v) is 2.91. The molecule has 0 unspecified atom stereocenters. The summed E-state index contributed by atoms with van der Waals surface area (Å²) >= 11 is 0. The van der Waals surface area contributed by atoms with Crippen molar-refractivity contribution in [3.63, 3.8) is 0 Å². The van der Waals surface area contributed by atoms with Crippen molar-refractivity contribution in [2.45, 2.75) is 52.1 Å². The van der Waals surface area contributed by atoms with Gasteiger partial charge in [0.15, 0.2) is 0 Å². The van der Waals surface area contributed by atoms with Crippen molar-refractivity contribution in [2.75, 3.05) is 31.2 Å². The number of anilines is 1. The normalized spacial score (nSPS) is 15.7. The van der Waals surface area contributed by atoms with Gasteiger partial charge < -0.3 is 14.4 Å². The zero-order chi connectivity index (χ0) is 16.5. The Morgan fingerprint density at radius 2 is 1.83 bits per heavy atom. The van der Waals surface area contributed by atoms with Gasteiger partial charge in [-0.15, -0.1) is 0 Å². The Hall–Kier alpha value is -1.55. The molecule has 0 saturated carbocycles. The number of carbonyl (C=O) groups excluding carboxylic acids is 1. The maximum Gasteiger partial charge on any atom is 0.338 e. The zero-order valence-corrected chi connectivity index (χ0v) is 14.4. The van der Waals surface area contributed by atoms with E-state index in [1.165, 1.54) is 24.9 Å². The van der Waals surface area contributed by atoms with Crippen LogP contribution in [0, 0.1) is 0 Å². The van der Waals surface area contributed by atoms with E-state index >= 15 is 0 Å². The molecule has 1 aliphatic heterocycles. The molecule has 1 aromatic carbocycles. The van der Waals surface area contributed by atoms with Gasteiger partial charge in [0.25, 0.3) is 0 Å². The number of hydrogen-bond donors (Lipinski definition) is 0. The van der Waals surface area contributed by atoms with Crippen LogP contribution in [0.1, 0.15) is 56.3 Å². The van der Waals surface area contributed by atoms with Crippen molar-refractivity contribution in [1.29, 1.82) is 0 Å². The number of esters is 1. The lowest BCUT2D eigenvalue weighted by Gasteiger charge is -2.33. The molecular formula is C19H29NO3. The van der Waals surface area contributed by atoms with E-state index in [9.17, 15) is 4.79 Å². The largest absolute Gasteiger partial charge is 0.462 e. The third-order valence-corrected chi connectivity index (χ3v) is 4.29. The summed E-state index contributed by atoms with van der Waals surface area (Å²) < 4.78 is 11.0. The average molecular weight is 319 g/mol. The molecule has 0 amide bonds. The van der Waals surface area contributed by atoms with Crippen LogP contribution in [0.5, 0.6) is 0 Å². The van der Waals surface area contributed by atoms with Gasteiger partial charge in [0.05, 0.1) is 18.3 Å². The zero-order valence-electron chi connectivity index (χ0n) is 14.4. The minimum Gasteiger partial charge on any atom is -0.462 e. The maximum atomic E-state index is 11.7. The van der Waals surface area contributed by atoms with Gasteiger partial charge in [0.2, 0.25) is 0 Å². The Kier molecular flexibility index (Phi) is 7.40. The predicted octanol–water partition coefficient (Wildman–Crippen LogP) is 4.04. The first-order chi connectivity index (χ1) is 11.2. The predicted molar refractivity (Wildman–Crippen MR) is 93.1 cm³/mol. The Bertz CT molecular complexity index is 464. The minimum atomic E-state index is -0.252. The molecular weight excluding hydrogens is 290 g/mol. The number of unbranched alkanes of at least 4 members (excludes halogenated alkanes) is 2. The van der Waals surface area contributed by atoms with Crippen LogP contribution in [0.15, 0.2) is 24.3 Å². The molecule has 0 atom stereocenters. The van der Waals surface area contributed by atoms with Gasteiger partial charge in [0.1, 0.15) is 0 Å². The molecule has 4 heteroatoms. The second-order valence-electron chi connectivity index (χ2n) is 6.03. The van der Waals surface area contributed by atoms with Crippen molar-refractivity contribution in [3.05, 3.63) is 29.8 Å². The van der Waals surface area contributed by atoms with E-state index in [0.717, 1.165) is 32.5 Å². The van der Waals surface area contributed by atoms with Crippen molar-refractivity contribution >= 4 is 11.7 Å². The van der Waals surface area contributed by atoms with Gasteiger partial charge in [-0.05, 0) is 50.5 Å². The molecule has 1 aliphatic rings. The summed E-state index contributed by atoms with van der Waals surface area (Å²) in [4.78, 5) is 14.0. The molecule has 1 fully saturated rings. The third kappa shape index (κ3) is 5.54. The first kappa shape index (κ1) is 17.8. The SMILES string of the molecule is CCCCCOC1CCN(c2ccc(C(=O)OCC)cc2)CC1. The summed E-state index contributed by atoms with van der Waals surface area (Å²) in [6, 6.07) is 7.71. The van der Waals surface area contributed by atoms with Crippen LogP contribution in [-0.2, 0) is 9.47 Å². The third-order valence-electron chi connectivity index (χ3n) is 4.29. The molecule has 4 nitrogen and oxygen atoms in total. The van der Waals surface area contributed by atoms with Crippen LogP contribution in [0.3, 0.4) is 0 Å². The molecule has 2 rings (SSSR count). The maximum absolute atomic E-state index is 11.7. The lowest BCUT2D eigenvalue weighted by molar-refractivity contribution is 0.0349. The highest BCUT2D eigenvalue weighted by Crippen LogP contribution is 2.22. The number of ether oxygens (including phenoxy) is 2. The van der Waals surface area contributed by atoms with Crippen LogP contribution >= 0.6 is 0 Å². The fourth-order valence-electron chi connectivity index (χ4n) is 2.91. The van der Waals surface area contributed by atoms with Gasteiger partial charge in [0, 0.05) is 25.4 Å². The topological polar surface area (TPSA) is 38.8 Å². The molecule has 128 valence electrons. The van der Waals surface area contributed by atoms with Gasteiger partial charge >= 0.3 is 5.97 Å². The first-order valence-corrected chi connectivity index (χ1v) is 8.88. The van der Waals surface area contributed by atoms with Crippen LogP contribution in [0.4, 0.5) is 5.69 Å². The van der Waals surface area contributed by atoms with Crippen molar-refractivity contribution in [3.8, 4) is 0 Å². The van der Waals surface area contributed by atoms with E-state index in [4.69, 9.17) is 9.47 Å². The highest BCUT2D eigenvalue weighted by Gasteiger charge is 2.20. The highest BCUT2D eigenvalue weighted by atomic mass is 16.5. The van der Waals surface area contributed by atoms with Crippen molar-refractivity contribution in [1.82, 2.24) is 0 Å². The molecule has 0 bridgehead atoms. The molecule has 1 heterocycles. The molecule has 1 saturated heterocycles. The molecule has 23 heavy (non-hydrogen) atoms. The number of nitrogens with zero attached hydrogens (tertiary/aromatic N) is 1. The van der Waals surface area contributed by atoms with Crippen molar-refractivity contribution < 1.29 is 14.3 Å². The van der Waals surface area contributed by atoms with E-state index < -0.39 is 0 Å². The smallest absolute Gasteiger partial charge is 0.338 e. The van der Waals surface area contributed by atoms with Gasteiger partial charge in [-0.2, -0.15) is 0 Å².